The third-order valence-corrected chi connectivity index (χ3v) is 4.73. The lowest BCUT2D eigenvalue weighted by Gasteiger charge is -2.10. The summed E-state index contributed by atoms with van der Waals surface area (Å²) in [6.07, 6.45) is 1.53. The van der Waals surface area contributed by atoms with Gasteiger partial charge >= 0.3 is 5.97 Å². The number of hydrogen-bond donors (Lipinski definition) is 1. The van der Waals surface area contributed by atoms with E-state index in [1.807, 2.05) is 36.6 Å². The minimum atomic E-state index is -0.529. The van der Waals surface area contributed by atoms with Gasteiger partial charge in [0.1, 0.15) is 0 Å². The van der Waals surface area contributed by atoms with Crippen LogP contribution in [0.1, 0.15) is 37.7 Å². The van der Waals surface area contributed by atoms with Crippen molar-refractivity contribution in [1.82, 2.24) is 9.99 Å². The molecule has 0 saturated heterocycles. The van der Waals surface area contributed by atoms with Gasteiger partial charge in [-0.15, -0.1) is 0 Å². The Labute approximate surface area is 178 Å². The number of rotatable bonds is 6. The number of carbonyl (C=O) groups is 2. The zero-order valence-corrected chi connectivity index (χ0v) is 17.2. The molecule has 9 heteroatoms. The average Bonchev–Trinajstić information content (AvgIpc) is 3.06. The molecule has 0 bridgehead atoms. The van der Waals surface area contributed by atoms with Crippen molar-refractivity contribution in [2.45, 2.75) is 13.8 Å². The molecule has 0 aliphatic carbocycles. The Kier molecular flexibility index (Phi) is 6.25. The molecule has 1 amide bonds. The van der Waals surface area contributed by atoms with Crippen LogP contribution >= 0.6 is 0 Å². The summed E-state index contributed by atoms with van der Waals surface area (Å²) in [4.78, 5) is 33.9. The largest absolute Gasteiger partial charge is 0.465 e. The standard InChI is InChI=1S/C22H20N4O5/c1-14-12-18(13-23-24-21(27)16-4-10-20(11-5-16)26(29)30)15(2)25(14)19-8-6-17(7-9-19)22(28)31-3/h4-13H,1-3H3,(H,24,27)/b23-13-. The van der Waals surface area contributed by atoms with E-state index < -0.39 is 16.8 Å². The number of hydrogen-bond acceptors (Lipinski definition) is 6. The van der Waals surface area contributed by atoms with E-state index in [-0.39, 0.29) is 11.3 Å². The predicted molar refractivity (Wildman–Crippen MR) is 115 cm³/mol. The van der Waals surface area contributed by atoms with Crippen molar-refractivity contribution < 1.29 is 19.2 Å². The van der Waals surface area contributed by atoms with E-state index in [2.05, 4.69) is 10.5 Å². The molecule has 0 atom stereocenters. The summed E-state index contributed by atoms with van der Waals surface area (Å²) in [5, 5.41) is 14.7. The highest BCUT2D eigenvalue weighted by Crippen LogP contribution is 2.20. The van der Waals surface area contributed by atoms with Crippen LogP contribution in [0.15, 0.2) is 59.7 Å². The quantitative estimate of drug-likeness (QED) is 0.283. The summed E-state index contributed by atoms with van der Waals surface area (Å²) >= 11 is 0. The summed E-state index contributed by atoms with van der Waals surface area (Å²) in [7, 11) is 1.34. The van der Waals surface area contributed by atoms with Crippen LogP contribution in [0, 0.1) is 24.0 Å². The van der Waals surface area contributed by atoms with Crippen LogP contribution in [0.2, 0.25) is 0 Å². The van der Waals surface area contributed by atoms with Gasteiger partial charge in [-0.1, -0.05) is 0 Å². The lowest BCUT2D eigenvalue weighted by atomic mass is 10.2. The van der Waals surface area contributed by atoms with Crippen LogP contribution in [0.25, 0.3) is 5.69 Å². The van der Waals surface area contributed by atoms with Gasteiger partial charge < -0.3 is 9.30 Å². The molecule has 0 spiro atoms. The monoisotopic (exact) mass is 420 g/mol. The van der Waals surface area contributed by atoms with E-state index >= 15 is 0 Å². The van der Waals surface area contributed by atoms with Crippen molar-refractivity contribution in [2.75, 3.05) is 7.11 Å². The summed E-state index contributed by atoms with van der Waals surface area (Å²) in [6.45, 7) is 3.86. The number of nitro groups is 1. The smallest absolute Gasteiger partial charge is 0.337 e. The molecule has 0 saturated carbocycles. The number of aromatic nitrogens is 1. The number of benzene rings is 2. The van der Waals surface area contributed by atoms with Crippen molar-refractivity contribution in [1.29, 1.82) is 0 Å². The first-order chi connectivity index (χ1) is 14.8. The molecule has 9 nitrogen and oxygen atoms in total. The summed E-state index contributed by atoms with van der Waals surface area (Å²) < 4.78 is 6.72. The van der Waals surface area contributed by atoms with E-state index in [1.165, 1.54) is 37.6 Å². The highest BCUT2D eigenvalue weighted by atomic mass is 16.6. The number of nitrogens with one attached hydrogen (secondary N) is 1. The first-order valence-corrected chi connectivity index (χ1v) is 9.27. The van der Waals surface area contributed by atoms with E-state index in [0.717, 1.165) is 22.6 Å². The van der Waals surface area contributed by atoms with E-state index in [4.69, 9.17) is 4.74 Å². The number of amides is 1. The topological polar surface area (TPSA) is 116 Å². The second-order valence-electron chi connectivity index (χ2n) is 6.70. The normalized spacial score (nSPS) is 10.8. The van der Waals surface area contributed by atoms with Crippen LogP contribution in [0.5, 0.6) is 0 Å². The fourth-order valence-corrected chi connectivity index (χ4v) is 3.14. The second-order valence-corrected chi connectivity index (χ2v) is 6.70. The number of aryl methyl sites for hydroxylation is 1. The molecule has 1 N–H and O–H groups in total. The van der Waals surface area contributed by atoms with Crippen LogP contribution in [0.3, 0.4) is 0 Å². The van der Waals surface area contributed by atoms with E-state index in [9.17, 15) is 19.7 Å². The summed E-state index contributed by atoms with van der Waals surface area (Å²) in [5.74, 6) is -0.873. The van der Waals surface area contributed by atoms with Crippen LogP contribution < -0.4 is 5.43 Å². The number of esters is 1. The molecule has 1 heterocycles. The van der Waals surface area contributed by atoms with Crippen LogP contribution in [-0.4, -0.2) is 34.7 Å². The van der Waals surface area contributed by atoms with Crippen molar-refractivity contribution in [3.05, 3.63) is 92.8 Å². The van der Waals surface area contributed by atoms with Gasteiger partial charge in [0.25, 0.3) is 11.6 Å². The number of nitrogens with zero attached hydrogens (tertiary/aromatic N) is 3. The molecule has 3 aromatic rings. The summed E-state index contributed by atoms with van der Waals surface area (Å²) in [5.41, 5.74) is 6.58. The molecule has 0 radical (unpaired) electrons. The average molecular weight is 420 g/mol. The third-order valence-electron chi connectivity index (χ3n) is 4.73. The van der Waals surface area contributed by atoms with Gasteiger partial charge in [0, 0.05) is 40.3 Å². The minimum Gasteiger partial charge on any atom is -0.465 e. The van der Waals surface area contributed by atoms with Gasteiger partial charge in [0.2, 0.25) is 0 Å². The molecule has 0 aliphatic rings. The zero-order valence-electron chi connectivity index (χ0n) is 17.2. The molecule has 1 aromatic heterocycles. The first kappa shape index (κ1) is 21.4. The van der Waals surface area contributed by atoms with Crippen LogP contribution in [-0.2, 0) is 4.74 Å². The predicted octanol–water partition coefficient (Wildman–Crippen LogP) is 3.55. The van der Waals surface area contributed by atoms with Gasteiger partial charge in [-0.3, -0.25) is 14.9 Å². The number of hydrazone groups is 1. The van der Waals surface area contributed by atoms with Gasteiger partial charge in [0.05, 0.1) is 23.8 Å². The Bertz CT molecular complexity index is 1160. The molecule has 2 aromatic carbocycles. The lowest BCUT2D eigenvalue weighted by Crippen LogP contribution is -2.17. The molecular formula is C22H20N4O5. The fraction of sp³-hybridized carbons (Fsp3) is 0.136. The molecular weight excluding hydrogens is 400 g/mol. The van der Waals surface area contributed by atoms with Crippen molar-refractivity contribution in [3.8, 4) is 5.69 Å². The van der Waals surface area contributed by atoms with Gasteiger partial charge in [-0.05, 0) is 56.3 Å². The lowest BCUT2D eigenvalue weighted by molar-refractivity contribution is -0.384. The molecule has 0 unspecified atom stereocenters. The Morgan fingerprint density at radius 3 is 2.26 bits per heavy atom. The highest BCUT2D eigenvalue weighted by molar-refractivity contribution is 5.95. The van der Waals surface area contributed by atoms with Gasteiger partial charge in [-0.2, -0.15) is 5.10 Å². The maximum absolute atomic E-state index is 12.2. The van der Waals surface area contributed by atoms with Crippen molar-refractivity contribution >= 4 is 23.8 Å². The van der Waals surface area contributed by atoms with Crippen molar-refractivity contribution in [2.24, 2.45) is 5.10 Å². The Hall–Kier alpha value is -4.27. The number of non-ortho nitro benzene ring substituents is 1. The van der Waals surface area contributed by atoms with E-state index in [0.29, 0.717) is 5.56 Å². The van der Waals surface area contributed by atoms with E-state index in [1.54, 1.807) is 12.1 Å². The number of methoxy groups -OCH3 is 1. The van der Waals surface area contributed by atoms with Gasteiger partial charge in [-0.25, -0.2) is 10.2 Å². The fourth-order valence-electron chi connectivity index (χ4n) is 3.14. The third kappa shape index (κ3) is 4.67. The Morgan fingerprint density at radius 2 is 1.68 bits per heavy atom. The first-order valence-electron chi connectivity index (χ1n) is 9.27. The Balaban J connectivity index is 1.74. The second kappa shape index (κ2) is 9.04. The van der Waals surface area contributed by atoms with Crippen LogP contribution in [0.4, 0.5) is 5.69 Å². The maximum Gasteiger partial charge on any atom is 0.337 e. The molecule has 0 fully saturated rings. The molecule has 0 aliphatic heterocycles. The maximum atomic E-state index is 12.2. The highest BCUT2D eigenvalue weighted by Gasteiger charge is 2.12. The number of carbonyl (C=O) groups excluding carboxylic acids is 2. The molecule has 31 heavy (non-hydrogen) atoms. The van der Waals surface area contributed by atoms with Crippen molar-refractivity contribution in [3.63, 3.8) is 0 Å². The zero-order chi connectivity index (χ0) is 22.5. The molecule has 3 rings (SSSR count). The SMILES string of the molecule is COC(=O)c1ccc(-n2c(C)cc(/C=N\NC(=O)c3ccc([N+](=O)[O-])cc3)c2C)cc1. The molecule has 158 valence electrons. The number of ether oxygens (including phenoxy) is 1. The Morgan fingerprint density at radius 1 is 1.06 bits per heavy atom. The summed E-state index contributed by atoms with van der Waals surface area (Å²) in [6, 6.07) is 14.2. The van der Waals surface area contributed by atoms with Gasteiger partial charge in [0.15, 0.2) is 0 Å². The minimum absolute atomic E-state index is 0.0906. The number of nitro benzene ring substituents is 1.